The molecule has 1 fully saturated rings. The molecule has 4 heteroatoms. The molecule has 0 aliphatic heterocycles. The number of hydrogen-bond donors (Lipinski definition) is 1. The highest BCUT2D eigenvalue weighted by Crippen LogP contribution is 2.37. The van der Waals surface area contributed by atoms with Crippen LogP contribution in [0.15, 0.2) is 12.4 Å². The van der Waals surface area contributed by atoms with Crippen molar-refractivity contribution >= 4 is 0 Å². The fourth-order valence-electron chi connectivity index (χ4n) is 2.59. The molecule has 0 radical (unpaired) electrons. The van der Waals surface area contributed by atoms with Crippen LogP contribution >= 0.6 is 0 Å². The van der Waals surface area contributed by atoms with Gasteiger partial charge in [-0.15, -0.1) is 0 Å². The summed E-state index contributed by atoms with van der Waals surface area (Å²) in [4.78, 5) is 9.04. The van der Waals surface area contributed by atoms with Crippen LogP contribution in [0.2, 0.25) is 0 Å². The second-order valence-electron chi connectivity index (χ2n) is 4.95. The number of nitrogens with one attached hydrogen (secondary N) is 1. The van der Waals surface area contributed by atoms with E-state index in [9.17, 15) is 0 Å². The maximum atomic E-state index is 5.75. The van der Waals surface area contributed by atoms with Crippen molar-refractivity contribution in [2.24, 2.45) is 0 Å². The predicted molar refractivity (Wildman–Crippen MR) is 71.2 cm³/mol. The summed E-state index contributed by atoms with van der Waals surface area (Å²) in [6.07, 6.45) is 9.61. The molecule has 1 aliphatic carbocycles. The summed E-state index contributed by atoms with van der Waals surface area (Å²) in [5.74, 6) is 0.852. The Hall–Kier alpha value is -1.00. The fourth-order valence-corrected chi connectivity index (χ4v) is 2.59. The van der Waals surface area contributed by atoms with Crippen molar-refractivity contribution in [2.75, 3.05) is 13.7 Å². The highest BCUT2D eigenvalue weighted by Gasteiger charge is 2.36. The van der Waals surface area contributed by atoms with Crippen molar-refractivity contribution in [3.8, 4) is 0 Å². The van der Waals surface area contributed by atoms with Crippen LogP contribution < -0.4 is 5.32 Å². The molecule has 1 aromatic heterocycles. The lowest BCUT2D eigenvalue weighted by Gasteiger charge is -2.34. The number of hydrogen-bond acceptors (Lipinski definition) is 4. The number of nitrogens with zero attached hydrogens (tertiary/aromatic N) is 2. The topological polar surface area (TPSA) is 47.0 Å². The van der Waals surface area contributed by atoms with E-state index in [4.69, 9.17) is 4.74 Å². The first-order valence-electron chi connectivity index (χ1n) is 6.88. The van der Waals surface area contributed by atoms with Crippen molar-refractivity contribution in [2.45, 2.75) is 51.2 Å². The lowest BCUT2D eigenvalue weighted by Crippen LogP contribution is -2.33. The van der Waals surface area contributed by atoms with Crippen molar-refractivity contribution < 1.29 is 4.74 Å². The van der Waals surface area contributed by atoms with Gasteiger partial charge in [-0.25, -0.2) is 9.97 Å². The molecule has 1 N–H and O–H groups in total. The molecule has 0 spiro atoms. The fraction of sp³-hybridized carbons (Fsp3) is 0.714. The van der Waals surface area contributed by atoms with Gasteiger partial charge in [0, 0.05) is 31.6 Å². The van der Waals surface area contributed by atoms with Gasteiger partial charge in [-0.2, -0.15) is 0 Å². The van der Waals surface area contributed by atoms with Crippen LogP contribution in [0.3, 0.4) is 0 Å². The molecule has 0 unspecified atom stereocenters. The number of rotatable bonds is 5. The Morgan fingerprint density at radius 2 is 1.89 bits per heavy atom. The Balaban J connectivity index is 2.11. The SMILES string of the molecule is CCNCc1cnc(C2(OC)CCCCC2)nc1. The van der Waals surface area contributed by atoms with E-state index in [2.05, 4.69) is 22.2 Å². The molecule has 2 rings (SSSR count). The highest BCUT2D eigenvalue weighted by atomic mass is 16.5. The molecule has 1 aromatic rings. The van der Waals surface area contributed by atoms with Crippen molar-refractivity contribution in [1.82, 2.24) is 15.3 Å². The predicted octanol–water partition coefficient (Wildman–Crippen LogP) is 2.39. The van der Waals surface area contributed by atoms with Crippen LogP contribution in [0.5, 0.6) is 0 Å². The molecular formula is C14H23N3O. The summed E-state index contributed by atoms with van der Waals surface area (Å²) in [5.41, 5.74) is 0.886. The Morgan fingerprint density at radius 3 is 2.44 bits per heavy atom. The third kappa shape index (κ3) is 2.87. The summed E-state index contributed by atoms with van der Waals surface area (Å²) in [7, 11) is 1.78. The van der Waals surface area contributed by atoms with Gasteiger partial charge >= 0.3 is 0 Å². The van der Waals surface area contributed by atoms with E-state index in [0.717, 1.165) is 37.3 Å². The average Bonchev–Trinajstić information content (AvgIpc) is 2.46. The van der Waals surface area contributed by atoms with Crippen LogP contribution in [0.25, 0.3) is 0 Å². The number of aromatic nitrogens is 2. The smallest absolute Gasteiger partial charge is 0.160 e. The van der Waals surface area contributed by atoms with Gasteiger partial charge in [0.05, 0.1) is 0 Å². The Kier molecular flexibility index (Phi) is 4.66. The van der Waals surface area contributed by atoms with E-state index in [1.165, 1.54) is 19.3 Å². The largest absolute Gasteiger partial charge is 0.370 e. The lowest BCUT2D eigenvalue weighted by atomic mass is 9.84. The van der Waals surface area contributed by atoms with Crippen LogP contribution in [0, 0.1) is 0 Å². The third-order valence-corrected chi connectivity index (χ3v) is 3.74. The standard InChI is InChI=1S/C14H23N3O/c1-3-15-9-12-10-16-13(17-11-12)14(18-2)7-5-4-6-8-14/h10-11,15H,3-9H2,1-2H3. The maximum Gasteiger partial charge on any atom is 0.160 e. The Bertz CT molecular complexity index is 358. The quantitative estimate of drug-likeness (QED) is 0.870. The second kappa shape index (κ2) is 6.25. The number of methoxy groups -OCH3 is 1. The van der Waals surface area contributed by atoms with E-state index < -0.39 is 0 Å². The minimum Gasteiger partial charge on any atom is -0.370 e. The van der Waals surface area contributed by atoms with E-state index in [0.29, 0.717) is 0 Å². The number of ether oxygens (including phenoxy) is 1. The molecule has 0 amide bonds. The maximum absolute atomic E-state index is 5.75. The zero-order valence-electron chi connectivity index (χ0n) is 11.4. The monoisotopic (exact) mass is 249 g/mol. The van der Waals surface area contributed by atoms with Gasteiger partial charge in [0.15, 0.2) is 5.82 Å². The molecular weight excluding hydrogens is 226 g/mol. The molecule has 18 heavy (non-hydrogen) atoms. The van der Waals surface area contributed by atoms with Gasteiger partial charge in [-0.05, 0) is 19.4 Å². The van der Waals surface area contributed by atoms with Crippen molar-refractivity contribution in [3.05, 3.63) is 23.8 Å². The van der Waals surface area contributed by atoms with Gasteiger partial charge in [0.1, 0.15) is 5.60 Å². The summed E-state index contributed by atoms with van der Waals surface area (Å²) in [6.45, 7) is 3.89. The normalized spacial score (nSPS) is 18.8. The third-order valence-electron chi connectivity index (χ3n) is 3.74. The molecule has 100 valence electrons. The molecule has 4 nitrogen and oxygen atoms in total. The zero-order valence-corrected chi connectivity index (χ0v) is 11.4. The van der Waals surface area contributed by atoms with Gasteiger partial charge in [-0.3, -0.25) is 0 Å². The first-order chi connectivity index (χ1) is 8.80. The van der Waals surface area contributed by atoms with Gasteiger partial charge < -0.3 is 10.1 Å². The highest BCUT2D eigenvalue weighted by molar-refractivity contribution is 5.10. The summed E-state index contributed by atoms with van der Waals surface area (Å²) in [5, 5.41) is 3.28. The molecule has 0 aromatic carbocycles. The summed E-state index contributed by atoms with van der Waals surface area (Å²) < 4.78 is 5.75. The minimum atomic E-state index is -0.241. The van der Waals surface area contributed by atoms with Crippen LogP contribution in [-0.2, 0) is 16.9 Å². The molecule has 0 atom stereocenters. The molecule has 1 saturated carbocycles. The average molecular weight is 249 g/mol. The Morgan fingerprint density at radius 1 is 1.22 bits per heavy atom. The van der Waals surface area contributed by atoms with Crippen LogP contribution in [0.4, 0.5) is 0 Å². The molecule has 0 bridgehead atoms. The zero-order chi connectivity index (χ0) is 12.8. The first kappa shape index (κ1) is 13.4. The van der Waals surface area contributed by atoms with E-state index in [1.54, 1.807) is 7.11 Å². The summed E-state index contributed by atoms with van der Waals surface area (Å²) >= 11 is 0. The van der Waals surface area contributed by atoms with E-state index in [1.807, 2.05) is 12.4 Å². The van der Waals surface area contributed by atoms with Gasteiger partial charge in [0.2, 0.25) is 0 Å². The minimum absolute atomic E-state index is 0.241. The van der Waals surface area contributed by atoms with Crippen LogP contribution in [-0.4, -0.2) is 23.6 Å². The summed E-state index contributed by atoms with van der Waals surface area (Å²) in [6, 6.07) is 0. The van der Waals surface area contributed by atoms with Crippen molar-refractivity contribution in [3.63, 3.8) is 0 Å². The Labute approximate surface area is 109 Å². The molecule has 1 aliphatic rings. The van der Waals surface area contributed by atoms with Crippen molar-refractivity contribution in [1.29, 1.82) is 0 Å². The molecule has 1 heterocycles. The lowest BCUT2D eigenvalue weighted by molar-refractivity contribution is -0.0515. The van der Waals surface area contributed by atoms with Gasteiger partial charge in [0.25, 0.3) is 0 Å². The molecule has 0 saturated heterocycles. The van der Waals surface area contributed by atoms with Crippen LogP contribution in [0.1, 0.15) is 50.4 Å². The van der Waals surface area contributed by atoms with Gasteiger partial charge in [-0.1, -0.05) is 26.2 Å². The van der Waals surface area contributed by atoms with E-state index >= 15 is 0 Å². The second-order valence-corrected chi connectivity index (χ2v) is 4.95. The first-order valence-corrected chi connectivity index (χ1v) is 6.88. The van der Waals surface area contributed by atoms with E-state index in [-0.39, 0.29) is 5.60 Å².